The van der Waals surface area contributed by atoms with E-state index in [1.807, 2.05) is 12.1 Å². The van der Waals surface area contributed by atoms with Crippen molar-refractivity contribution in [3.05, 3.63) is 75.5 Å². The standard InChI is InChI=1S/C19H16ClFN4OS2/c20-15-9-12(1-6-16(15)21)7-8-22-19(27)25-14-4-2-13(3-5-14)24-18(26)17-10-28-11-23-17/h1-6,9-11H,7-8H2,(H,24,26)(H2,22,25,27). The Kier molecular flexibility index (Phi) is 6.91. The molecule has 144 valence electrons. The van der Waals surface area contributed by atoms with E-state index >= 15 is 0 Å². The third kappa shape index (κ3) is 5.72. The molecule has 1 heterocycles. The van der Waals surface area contributed by atoms with Crippen molar-refractivity contribution >= 4 is 57.5 Å². The zero-order valence-electron chi connectivity index (χ0n) is 14.5. The molecule has 1 amide bonds. The summed E-state index contributed by atoms with van der Waals surface area (Å²) in [5, 5.41) is 11.2. The topological polar surface area (TPSA) is 66.1 Å². The Bertz CT molecular complexity index is 965. The molecular formula is C19H16ClFN4OS2. The number of carbonyl (C=O) groups excluding carboxylic acids is 1. The van der Waals surface area contributed by atoms with E-state index < -0.39 is 5.82 Å². The summed E-state index contributed by atoms with van der Waals surface area (Å²) in [6.45, 7) is 0.579. The van der Waals surface area contributed by atoms with Crippen LogP contribution in [0.1, 0.15) is 16.1 Å². The summed E-state index contributed by atoms with van der Waals surface area (Å²) in [4.78, 5) is 15.9. The maximum absolute atomic E-state index is 13.2. The Morgan fingerprint density at radius 2 is 1.86 bits per heavy atom. The lowest BCUT2D eigenvalue weighted by atomic mass is 10.1. The minimum absolute atomic E-state index is 0.111. The number of nitrogens with zero attached hydrogens (tertiary/aromatic N) is 1. The maximum Gasteiger partial charge on any atom is 0.275 e. The monoisotopic (exact) mass is 434 g/mol. The van der Waals surface area contributed by atoms with Crippen molar-refractivity contribution < 1.29 is 9.18 Å². The molecule has 0 aliphatic heterocycles. The van der Waals surface area contributed by atoms with Crippen LogP contribution in [0.15, 0.2) is 53.4 Å². The number of rotatable bonds is 6. The van der Waals surface area contributed by atoms with Gasteiger partial charge in [0.1, 0.15) is 11.5 Å². The smallest absolute Gasteiger partial charge is 0.275 e. The number of amides is 1. The van der Waals surface area contributed by atoms with E-state index in [4.69, 9.17) is 23.8 Å². The molecule has 0 atom stereocenters. The third-order valence-corrected chi connectivity index (χ3v) is 4.87. The Morgan fingerprint density at radius 1 is 1.14 bits per heavy atom. The summed E-state index contributed by atoms with van der Waals surface area (Å²) in [6, 6.07) is 11.8. The zero-order valence-corrected chi connectivity index (χ0v) is 16.9. The van der Waals surface area contributed by atoms with Crippen LogP contribution in [0.5, 0.6) is 0 Å². The summed E-state index contributed by atoms with van der Waals surface area (Å²) < 4.78 is 13.2. The Labute approximate surface area is 176 Å². The lowest BCUT2D eigenvalue weighted by molar-refractivity contribution is 0.102. The molecule has 1 aromatic heterocycles. The number of hydrogen-bond acceptors (Lipinski definition) is 4. The van der Waals surface area contributed by atoms with Crippen LogP contribution in [-0.4, -0.2) is 22.5 Å². The largest absolute Gasteiger partial charge is 0.362 e. The third-order valence-electron chi connectivity index (χ3n) is 3.75. The van der Waals surface area contributed by atoms with E-state index in [9.17, 15) is 9.18 Å². The highest BCUT2D eigenvalue weighted by atomic mass is 35.5. The first-order valence-corrected chi connectivity index (χ1v) is 10.0. The molecule has 28 heavy (non-hydrogen) atoms. The number of nitrogens with one attached hydrogen (secondary N) is 3. The Morgan fingerprint density at radius 3 is 2.50 bits per heavy atom. The number of aromatic nitrogens is 1. The predicted molar refractivity (Wildman–Crippen MR) is 116 cm³/mol. The zero-order chi connectivity index (χ0) is 19.9. The molecule has 0 saturated carbocycles. The van der Waals surface area contributed by atoms with Crippen LogP contribution in [0.2, 0.25) is 5.02 Å². The molecule has 3 rings (SSSR count). The second-order valence-corrected chi connectivity index (χ2v) is 7.32. The van der Waals surface area contributed by atoms with Crippen LogP contribution in [0.25, 0.3) is 0 Å². The Balaban J connectivity index is 1.45. The van der Waals surface area contributed by atoms with Gasteiger partial charge in [-0.2, -0.15) is 0 Å². The van der Waals surface area contributed by atoms with Crippen LogP contribution < -0.4 is 16.0 Å². The molecule has 0 unspecified atom stereocenters. The normalized spacial score (nSPS) is 10.4. The van der Waals surface area contributed by atoms with Crippen molar-refractivity contribution in [3.8, 4) is 0 Å². The molecule has 0 bridgehead atoms. The molecule has 0 spiro atoms. The van der Waals surface area contributed by atoms with Gasteiger partial charge >= 0.3 is 0 Å². The molecule has 0 radical (unpaired) electrons. The number of thiazole rings is 1. The van der Waals surface area contributed by atoms with Crippen molar-refractivity contribution in [3.63, 3.8) is 0 Å². The summed E-state index contributed by atoms with van der Waals surface area (Å²) >= 11 is 12.4. The van der Waals surface area contributed by atoms with Crippen molar-refractivity contribution in [2.45, 2.75) is 6.42 Å². The molecular weight excluding hydrogens is 419 g/mol. The van der Waals surface area contributed by atoms with Gasteiger partial charge in [0.25, 0.3) is 5.91 Å². The van der Waals surface area contributed by atoms with E-state index in [1.165, 1.54) is 17.4 Å². The lowest BCUT2D eigenvalue weighted by Gasteiger charge is -2.11. The van der Waals surface area contributed by atoms with Gasteiger partial charge in [0.15, 0.2) is 5.11 Å². The molecule has 2 aromatic carbocycles. The molecule has 0 saturated heterocycles. The SMILES string of the molecule is O=C(Nc1ccc(NC(=S)NCCc2ccc(F)c(Cl)c2)cc1)c1cscn1. The second-order valence-electron chi connectivity index (χ2n) is 5.78. The fourth-order valence-corrected chi connectivity index (χ4v) is 3.30. The van der Waals surface area contributed by atoms with Gasteiger partial charge in [0.05, 0.1) is 10.5 Å². The summed E-state index contributed by atoms with van der Waals surface area (Å²) in [7, 11) is 0. The molecule has 0 fully saturated rings. The first kappa shape index (κ1) is 20.2. The highest BCUT2D eigenvalue weighted by Gasteiger charge is 2.08. The van der Waals surface area contributed by atoms with Crippen LogP contribution in [-0.2, 0) is 6.42 Å². The number of halogens is 2. The van der Waals surface area contributed by atoms with E-state index in [0.29, 0.717) is 29.5 Å². The van der Waals surface area contributed by atoms with E-state index in [-0.39, 0.29) is 10.9 Å². The van der Waals surface area contributed by atoms with Crippen LogP contribution in [0.4, 0.5) is 15.8 Å². The summed E-state index contributed by atoms with van der Waals surface area (Å²) in [5.74, 6) is -0.679. The molecule has 5 nitrogen and oxygen atoms in total. The van der Waals surface area contributed by atoms with Gasteiger partial charge in [-0.05, 0) is 60.6 Å². The predicted octanol–water partition coefficient (Wildman–Crippen LogP) is 4.72. The Hall–Kier alpha value is -2.55. The van der Waals surface area contributed by atoms with Gasteiger partial charge in [0.2, 0.25) is 0 Å². The van der Waals surface area contributed by atoms with Crippen LogP contribution >= 0.6 is 35.2 Å². The highest BCUT2D eigenvalue weighted by Crippen LogP contribution is 2.17. The van der Waals surface area contributed by atoms with Crippen molar-refractivity contribution in [2.24, 2.45) is 0 Å². The van der Waals surface area contributed by atoms with Crippen molar-refractivity contribution in [1.82, 2.24) is 10.3 Å². The van der Waals surface area contributed by atoms with E-state index in [2.05, 4.69) is 20.9 Å². The van der Waals surface area contributed by atoms with Gasteiger partial charge in [-0.25, -0.2) is 9.37 Å². The number of hydrogen-bond donors (Lipinski definition) is 3. The lowest BCUT2D eigenvalue weighted by Crippen LogP contribution is -2.30. The number of thiocarbonyl (C=S) groups is 1. The summed E-state index contributed by atoms with van der Waals surface area (Å²) in [5.41, 5.74) is 4.37. The first-order chi connectivity index (χ1) is 13.5. The second kappa shape index (κ2) is 9.59. The summed E-state index contributed by atoms with van der Waals surface area (Å²) in [6.07, 6.45) is 0.656. The minimum Gasteiger partial charge on any atom is -0.362 e. The van der Waals surface area contributed by atoms with Gasteiger partial charge in [0, 0.05) is 23.3 Å². The number of carbonyl (C=O) groups is 1. The first-order valence-electron chi connectivity index (χ1n) is 8.29. The van der Waals surface area contributed by atoms with Crippen LogP contribution in [0, 0.1) is 5.82 Å². The molecule has 0 aliphatic carbocycles. The number of anilines is 2. The van der Waals surface area contributed by atoms with Gasteiger partial charge in [-0.1, -0.05) is 17.7 Å². The van der Waals surface area contributed by atoms with Gasteiger partial charge < -0.3 is 16.0 Å². The van der Waals surface area contributed by atoms with Crippen molar-refractivity contribution in [2.75, 3.05) is 17.2 Å². The maximum atomic E-state index is 13.2. The van der Waals surface area contributed by atoms with Gasteiger partial charge in [-0.3, -0.25) is 4.79 Å². The average molecular weight is 435 g/mol. The molecule has 3 N–H and O–H groups in total. The highest BCUT2D eigenvalue weighted by molar-refractivity contribution is 7.80. The van der Waals surface area contributed by atoms with Crippen molar-refractivity contribution in [1.29, 1.82) is 0 Å². The minimum atomic E-state index is -0.429. The van der Waals surface area contributed by atoms with E-state index in [1.54, 1.807) is 35.2 Å². The van der Waals surface area contributed by atoms with E-state index in [0.717, 1.165) is 11.3 Å². The molecule has 0 aliphatic rings. The number of benzene rings is 2. The quantitative estimate of drug-likeness (QED) is 0.490. The molecule has 3 aromatic rings. The van der Waals surface area contributed by atoms with Gasteiger partial charge in [-0.15, -0.1) is 11.3 Å². The molecule has 9 heteroatoms. The average Bonchev–Trinajstić information content (AvgIpc) is 3.21. The fourth-order valence-electron chi connectivity index (χ4n) is 2.35. The van der Waals surface area contributed by atoms with Crippen LogP contribution in [0.3, 0.4) is 0 Å². The fraction of sp³-hybridized carbons (Fsp3) is 0.105.